The summed E-state index contributed by atoms with van der Waals surface area (Å²) < 4.78 is 15.1. The molecule has 0 fully saturated rings. The molecule has 0 saturated heterocycles. The van der Waals surface area contributed by atoms with Gasteiger partial charge in [-0.05, 0) is 26.0 Å². The zero-order valence-corrected chi connectivity index (χ0v) is 11.6. The summed E-state index contributed by atoms with van der Waals surface area (Å²) in [6.07, 6.45) is 1.39. The Morgan fingerprint density at radius 3 is 2.85 bits per heavy atom. The van der Waals surface area contributed by atoms with E-state index in [1.165, 1.54) is 16.9 Å². The fourth-order valence-corrected chi connectivity index (χ4v) is 2.08. The van der Waals surface area contributed by atoms with Crippen molar-refractivity contribution in [1.82, 2.24) is 19.6 Å². The molecule has 0 unspecified atom stereocenters. The van der Waals surface area contributed by atoms with Gasteiger partial charge in [-0.15, -0.1) is 0 Å². The van der Waals surface area contributed by atoms with Crippen LogP contribution in [0.2, 0.25) is 5.15 Å². The lowest BCUT2D eigenvalue weighted by Gasteiger charge is -2.13. The van der Waals surface area contributed by atoms with Crippen molar-refractivity contribution in [2.45, 2.75) is 13.8 Å². The summed E-state index contributed by atoms with van der Waals surface area (Å²) in [5.41, 5.74) is 1.88. The van der Waals surface area contributed by atoms with Crippen LogP contribution in [0.25, 0.3) is 5.78 Å². The van der Waals surface area contributed by atoms with Gasteiger partial charge >= 0.3 is 0 Å². The molecule has 3 aromatic rings. The van der Waals surface area contributed by atoms with Crippen molar-refractivity contribution in [2.24, 2.45) is 0 Å². The normalized spacial score (nSPS) is 11.0. The van der Waals surface area contributed by atoms with E-state index in [4.69, 9.17) is 11.6 Å². The predicted octanol–water partition coefficient (Wildman–Crippen LogP) is 3.28. The first-order valence-electron chi connectivity index (χ1n) is 5.96. The van der Waals surface area contributed by atoms with Crippen molar-refractivity contribution in [3.8, 4) is 0 Å². The molecular weight excluding hydrogens is 281 g/mol. The maximum atomic E-state index is 13.6. The van der Waals surface area contributed by atoms with Crippen LogP contribution in [-0.2, 0) is 0 Å². The van der Waals surface area contributed by atoms with Crippen LogP contribution in [0, 0.1) is 19.7 Å². The molecule has 2 aromatic heterocycles. The zero-order valence-electron chi connectivity index (χ0n) is 10.9. The standard InChI is InChI=1S/C13H11ClFN5/c1-7-9(15)4-3-5-10(7)18-12-8(2)11(14)19-13-16-6-17-20(12)13/h3-6,18H,1-2H3. The minimum absolute atomic E-state index is 0.275. The summed E-state index contributed by atoms with van der Waals surface area (Å²) in [6, 6.07) is 4.84. The van der Waals surface area contributed by atoms with Gasteiger partial charge < -0.3 is 5.32 Å². The molecule has 0 amide bonds. The number of nitrogens with one attached hydrogen (secondary N) is 1. The molecule has 0 aliphatic heterocycles. The number of fused-ring (bicyclic) bond motifs is 1. The van der Waals surface area contributed by atoms with Crippen LogP contribution in [0.15, 0.2) is 24.5 Å². The number of aromatic nitrogens is 4. The van der Waals surface area contributed by atoms with E-state index >= 15 is 0 Å². The highest BCUT2D eigenvalue weighted by atomic mass is 35.5. The van der Waals surface area contributed by atoms with Crippen molar-refractivity contribution >= 4 is 28.9 Å². The highest BCUT2D eigenvalue weighted by Gasteiger charge is 2.13. The van der Waals surface area contributed by atoms with Crippen LogP contribution < -0.4 is 5.32 Å². The van der Waals surface area contributed by atoms with Crippen molar-refractivity contribution < 1.29 is 4.39 Å². The summed E-state index contributed by atoms with van der Waals surface area (Å²) in [5.74, 6) is 0.728. The maximum absolute atomic E-state index is 13.6. The second-order valence-electron chi connectivity index (χ2n) is 4.39. The SMILES string of the molecule is Cc1c(F)cccc1Nc1c(C)c(Cl)nc2ncnn12. The van der Waals surface area contributed by atoms with Gasteiger partial charge in [-0.25, -0.2) is 4.39 Å². The molecule has 0 spiro atoms. The van der Waals surface area contributed by atoms with Crippen molar-refractivity contribution in [3.05, 3.63) is 46.6 Å². The molecule has 0 aliphatic rings. The minimum atomic E-state index is -0.275. The Kier molecular flexibility index (Phi) is 3.02. The summed E-state index contributed by atoms with van der Waals surface area (Å²) in [4.78, 5) is 8.12. The second-order valence-corrected chi connectivity index (χ2v) is 4.74. The molecule has 0 aliphatic carbocycles. The molecule has 20 heavy (non-hydrogen) atoms. The number of hydrogen-bond donors (Lipinski definition) is 1. The molecule has 0 radical (unpaired) electrons. The third-order valence-electron chi connectivity index (χ3n) is 3.13. The number of nitrogens with zero attached hydrogens (tertiary/aromatic N) is 4. The monoisotopic (exact) mass is 291 g/mol. The van der Waals surface area contributed by atoms with Crippen LogP contribution in [0.1, 0.15) is 11.1 Å². The highest BCUT2D eigenvalue weighted by Crippen LogP contribution is 2.27. The number of halogens is 2. The lowest BCUT2D eigenvalue weighted by atomic mass is 10.2. The van der Waals surface area contributed by atoms with Crippen LogP contribution in [0.3, 0.4) is 0 Å². The quantitative estimate of drug-likeness (QED) is 0.736. The fraction of sp³-hybridized carbons (Fsp3) is 0.154. The number of hydrogen-bond acceptors (Lipinski definition) is 4. The molecule has 3 rings (SSSR count). The molecule has 102 valence electrons. The smallest absolute Gasteiger partial charge is 0.255 e. The van der Waals surface area contributed by atoms with E-state index in [0.717, 1.165) is 0 Å². The van der Waals surface area contributed by atoms with Gasteiger partial charge in [-0.1, -0.05) is 17.7 Å². The molecule has 2 heterocycles. The van der Waals surface area contributed by atoms with Crippen molar-refractivity contribution in [1.29, 1.82) is 0 Å². The number of anilines is 2. The molecule has 5 nitrogen and oxygen atoms in total. The zero-order chi connectivity index (χ0) is 14.3. The maximum Gasteiger partial charge on any atom is 0.255 e. The van der Waals surface area contributed by atoms with Gasteiger partial charge in [0, 0.05) is 16.8 Å². The van der Waals surface area contributed by atoms with Crippen LogP contribution in [0.4, 0.5) is 15.9 Å². The van der Waals surface area contributed by atoms with Crippen LogP contribution in [-0.4, -0.2) is 19.6 Å². The molecule has 7 heteroatoms. The van der Waals surface area contributed by atoms with Gasteiger partial charge in [0.15, 0.2) is 0 Å². The summed E-state index contributed by atoms with van der Waals surface area (Å²) in [7, 11) is 0. The van der Waals surface area contributed by atoms with Gasteiger partial charge in [-0.3, -0.25) is 0 Å². The van der Waals surface area contributed by atoms with Crippen LogP contribution in [0.5, 0.6) is 0 Å². The first-order chi connectivity index (χ1) is 9.58. The van der Waals surface area contributed by atoms with Gasteiger partial charge in [0.1, 0.15) is 23.1 Å². The Hall–Kier alpha value is -2.21. The first-order valence-corrected chi connectivity index (χ1v) is 6.33. The average Bonchev–Trinajstić information content (AvgIpc) is 2.87. The Labute approximate surface area is 119 Å². The minimum Gasteiger partial charge on any atom is -0.339 e. The molecule has 1 aromatic carbocycles. The third-order valence-corrected chi connectivity index (χ3v) is 3.49. The molecular formula is C13H11ClFN5. The van der Waals surface area contributed by atoms with E-state index in [2.05, 4.69) is 20.4 Å². The van der Waals surface area contributed by atoms with E-state index in [1.54, 1.807) is 19.1 Å². The third kappa shape index (κ3) is 1.98. The van der Waals surface area contributed by atoms with Gasteiger partial charge in [0.2, 0.25) is 0 Å². The molecule has 1 N–H and O–H groups in total. The van der Waals surface area contributed by atoms with Gasteiger partial charge in [0.25, 0.3) is 5.78 Å². The lowest BCUT2D eigenvalue weighted by molar-refractivity contribution is 0.619. The second kappa shape index (κ2) is 4.72. The molecule has 0 bridgehead atoms. The predicted molar refractivity (Wildman–Crippen MR) is 74.9 cm³/mol. The summed E-state index contributed by atoms with van der Waals surface area (Å²) in [5, 5.41) is 7.58. The lowest BCUT2D eigenvalue weighted by Crippen LogP contribution is -2.06. The Morgan fingerprint density at radius 2 is 2.05 bits per heavy atom. The number of benzene rings is 1. The van der Waals surface area contributed by atoms with Crippen molar-refractivity contribution in [2.75, 3.05) is 5.32 Å². The molecule has 0 saturated carbocycles. The fourth-order valence-electron chi connectivity index (χ4n) is 1.91. The Morgan fingerprint density at radius 1 is 1.25 bits per heavy atom. The Bertz CT molecular complexity index is 799. The molecule has 0 atom stereocenters. The van der Waals surface area contributed by atoms with Gasteiger partial charge in [-0.2, -0.15) is 19.6 Å². The van der Waals surface area contributed by atoms with E-state index in [9.17, 15) is 4.39 Å². The van der Waals surface area contributed by atoms with E-state index in [1.807, 2.05) is 6.92 Å². The van der Waals surface area contributed by atoms with E-state index in [-0.39, 0.29) is 5.82 Å². The van der Waals surface area contributed by atoms with Gasteiger partial charge in [0.05, 0.1) is 0 Å². The number of rotatable bonds is 2. The van der Waals surface area contributed by atoms with E-state index in [0.29, 0.717) is 33.6 Å². The average molecular weight is 292 g/mol. The largest absolute Gasteiger partial charge is 0.339 e. The van der Waals surface area contributed by atoms with E-state index < -0.39 is 0 Å². The Balaban J connectivity index is 2.17. The van der Waals surface area contributed by atoms with Crippen LogP contribution >= 0.6 is 11.6 Å². The summed E-state index contributed by atoms with van der Waals surface area (Å²) >= 11 is 6.08. The highest BCUT2D eigenvalue weighted by molar-refractivity contribution is 6.30. The van der Waals surface area contributed by atoms with Crippen molar-refractivity contribution in [3.63, 3.8) is 0 Å². The first kappa shape index (κ1) is 12.8. The summed E-state index contributed by atoms with van der Waals surface area (Å²) in [6.45, 7) is 3.52. The topological polar surface area (TPSA) is 55.1 Å².